The van der Waals surface area contributed by atoms with E-state index in [1.165, 1.54) is 0 Å². The van der Waals surface area contributed by atoms with E-state index in [1.807, 2.05) is 4.90 Å². The third-order valence-corrected chi connectivity index (χ3v) is 3.57. The summed E-state index contributed by atoms with van der Waals surface area (Å²) >= 11 is 5.98. The smallest absolute Gasteiger partial charge is 0.339 e. The van der Waals surface area contributed by atoms with Crippen LogP contribution in [0.4, 0.5) is 5.69 Å². The average molecular weight is 270 g/mol. The minimum Gasteiger partial charge on any atom is -0.478 e. The number of anilines is 1. The van der Waals surface area contributed by atoms with E-state index in [2.05, 4.69) is 0 Å². The van der Waals surface area contributed by atoms with Crippen LogP contribution in [0.1, 0.15) is 23.2 Å². The zero-order chi connectivity index (χ0) is 13.1. The van der Waals surface area contributed by atoms with E-state index in [4.69, 9.17) is 16.3 Å². The first-order valence-corrected chi connectivity index (χ1v) is 6.31. The van der Waals surface area contributed by atoms with Crippen LogP contribution in [0.25, 0.3) is 0 Å². The highest BCUT2D eigenvalue weighted by atomic mass is 35.5. The molecule has 0 saturated carbocycles. The standard InChI is InChI=1S/C13H16ClNO3/c1-18-9-4-3-7-15(8-9)11-6-2-5-10(14)12(11)13(16)17/h2,5-6,9H,3-4,7-8H2,1H3,(H,16,17). The van der Waals surface area contributed by atoms with Gasteiger partial charge in [-0.25, -0.2) is 4.79 Å². The van der Waals surface area contributed by atoms with Crippen molar-refractivity contribution in [3.05, 3.63) is 28.8 Å². The molecule has 1 aromatic carbocycles. The Morgan fingerprint density at radius 1 is 1.56 bits per heavy atom. The average Bonchev–Trinajstić information content (AvgIpc) is 2.38. The van der Waals surface area contributed by atoms with Crippen LogP contribution in [-0.2, 0) is 4.74 Å². The lowest BCUT2D eigenvalue weighted by Crippen LogP contribution is -2.40. The number of aromatic carboxylic acids is 1. The molecule has 1 saturated heterocycles. The minimum absolute atomic E-state index is 0.152. The van der Waals surface area contributed by atoms with Crippen molar-refractivity contribution in [3.63, 3.8) is 0 Å². The Morgan fingerprint density at radius 2 is 2.33 bits per heavy atom. The number of rotatable bonds is 3. The normalized spacial score (nSPS) is 19.9. The maximum Gasteiger partial charge on any atom is 0.339 e. The molecule has 0 spiro atoms. The Kier molecular flexibility index (Phi) is 4.09. The van der Waals surface area contributed by atoms with Crippen molar-refractivity contribution >= 4 is 23.3 Å². The molecule has 4 nitrogen and oxygen atoms in total. The molecule has 0 aliphatic carbocycles. The van der Waals surface area contributed by atoms with Gasteiger partial charge in [-0.3, -0.25) is 0 Å². The lowest BCUT2D eigenvalue weighted by Gasteiger charge is -2.34. The van der Waals surface area contributed by atoms with E-state index < -0.39 is 5.97 Å². The SMILES string of the molecule is COC1CCCN(c2cccc(Cl)c2C(=O)O)C1. The first-order valence-electron chi connectivity index (χ1n) is 5.93. The Labute approximate surface area is 111 Å². The summed E-state index contributed by atoms with van der Waals surface area (Å²) in [5.41, 5.74) is 0.854. The topological polar surface area (TPSA) is 49.8 Å². The zero-order valence-electron chi connectivity index (χ0n) is 10.2. The molecule has 1 fully saturated rings. The Hall–Kier alpha value is -1.26. The van der Waals surface area contributed by atoms with Gasteiger partial charge in [0.25, 0.3) is 0 Å². The van der Waals surface area contributed by atoms with E-state index in [1.54, 1.807) is 25.3 Å². The second-order valence-corrected chi connectivity index (χ2v) is 4.79. The van der Waals surface area contributed by atoms with E-state index in [0.717, 1.165) is 19.4 Å². The number of hydrogen-bond donors (Lipinski definition) is 1. The quantitative estimate of drug-likeness (QED) is 0.917. The molecule has 1 aliphatic heterocycles. The lowest BCUT2D eigenvalue weighted by molar-refractivity contribution is 0.0695. The number of nitrogens with zero attached hydrogens (tertiary/aromatic N) is 1. The number of carbonyl (C=O) groups is 1. The third-order valence-electron chi connectivity index (χ3n) is 3.26. The van der Waals surface area contributed by atoms with Gasteiger partial charge in [0.1, 0.15) is 5.56 Å². The van der Waals surface area contributed by atoms with Crippen LogP contribution in [0.5, 0.6) is 0 Å². The van der Waals surface area contributed by atoms with Crippen molar-refractivity contribution in [2.45, 2.75) is 18.9 Å². The summed E-state index contributed by atoms with van der Waals surface area (Å²) in [5.74, 6) is -0.991. The Bertz CT molecular complexity index is 450. The van der Waals surface area contributed by atoms with Crippen molar-refractivity contribution < 1.29 is 14.6 Å². The van der Waals surface area contributed by atoms with Crippen LogP contribution < -0.4 is 4.90 Å². The van der Waals surface area contributed by atoms with Gasteiger partial charge in [-0.1, -0.05) is 17.7 Å². The summed E-state index contributed by atoms with van der Waals surface area (Å²) in [6.45, 7) is 1.54. The van der Waals surface area contributed by atoms with Crippen LogP contribution in [0.15, 0.2) is 18.2 Å². The fraction of sp³-hybridized carbons (Fsp3) is 0.462. The third kappa shape index (κ3) is 2.60. The number of methoxy groups -OCH3 is 1. The van der Waals surface area contributed by atoms with E-state index >= 15 is 0 Å². The van der Waals surface area contributed by atoms with Crippen LogP contribution in [0.3, 0.4) is 0 Å². The van der Waals surface area contributed by atoms with Gasteiger partial charge >= 0.3 is 5.97 Å². The summed E-state index contributed by atoms with van der Waals surface area (Å²) in [5, 5.41) is 9.54. The molecule has 0 bridgehead atoms. The first-order chi connectivity index (χ1) is 8.63. The van der Waals surface area contributed by atoms with Crippen LogP contribution in [-0.4, -0.2) is 37.4 Å². The number of benzene rings is 1. The predicted octanol–water partition coefficient (Wildman–Crippen LogP) is 2.65. The molecule has 1 heterocycles. The highest BCUT2D eigenvalue weighted by Gasteiger charge is 2.24. The molecule has 0 radical (unpaired) electrons. The van der Waals surface area contributed by atoms with Gasteiger partial charge in [-0.05, 0) is 25.0 Å². The van der Waals surface area contributed by atoms with Gasteiger partial charge in [-0.15, -0.1) is 0 Å². The van der Waals surface area contributed by atoms with Gasteiger partial charge in [0.15, 0.2) is 0 Å². The molecule has 18 heavy (non-hydrogen) atoms. The first kappa shape index (κ1) is 13.2. The molecular weight excluding hydrogens is 254 g/mol. The predicted molar refractivity (Wildman–Crippen MR) is 70.7 cm³/mol. The second kappa shape index (κ2) is 5.59. The summed E-state index contributed by atoms with van der Waals surface area (Å²) in [6.07, 6.45) is 2.15. The van der Waals surface area contributed by atoms with Gasteiger partial charge < -0.3 is 14.7 Å². The van der Waals surface area contributed by atoms with Crippen LogP contribution >= 0.6 is 11.6 Å². The number of carboxylic acids is 1. The van der Waals surface area contributed by atoms with Gasteiger partial charge in [-0.2, -0.15) is 0 Å². The molecular formula is C13H16ClNO3. The highest BCUT2D eigenvalue weighted by Crippen LogP contribution is 2.30. The maximum atomic E-state index is 11.3. The zero-order valence-corrected chi connectivity index (χ0v) is 11.0. The molecule has 0 aromatic heterocycles. The molecule has 1 unspecified atom stereocenters. The van der Waals surface area contributed by atoms with Gasteiger partial charge in [0, 0.05) is 20.2 Å². The van der Waals surface area contributed by atoms with Gasteiger partial charge in [0.2, 0.25) is 0 Å². The summed E-state index contributed by atoms with van der Waals surface area (Å²) in [7, 11) is 1.68. The number of carboxylic acid groups (broad SMARTS) is 1. The summed E-state index contributed by atoms with van der Waals surface area (Å²) in [6, 6.07) is 5.18. The molecule has 2 rings (SSSR count). The van der Waals surface area contributed by atoms with Crippen molar-refractivity contribution in [1.29, 1.82) is 0 Å². The Balaban J connectivity index is 2.32. The van der Waals surface area contributed by atoms with Crippen molar-refractivity contribution in [2.24, 2.45) is 0 Å². The lowest BCUT2D eigenvalue weighted by atomic mass is 10.1. The summed E-state index contributed by atoms with van der Waals surface area (Å²) in [4.78, 5) is 13.3. The van der Waals surface area contributed by atoms with Gasteiger partial charge in [0.05, 0.1) is 16.8 Å². The highest BCUT2D eigenvalue weighted by molar-refractivity contribution is 6.34. The monoisotopic (exact) mass is 269 g/mol. The molecule has 5 heteroatoms. The van der Waals surface area contributed by atoms with E-state index in [-0.39, 0.29) is 16.7 Å². The van der Waals surface area contributed by atoms with Crippen molar-refractivity contribution in [1.82, 2.24) is 0 Å². The molecule has 98 valence electrons. The number of piperidine rings is 1. The molecule has 1 aliphatic rings. The fourth-order valence-corrected chi connectivity index (χ4v) is 2.59. The number of ether oxygens (including phenoxy) is 1. The minimum atomic E-state index is -0.991. The fourth-order valence-electron chi connectivity index (χ4n) is 2.34. The largest absolute Gasteiger partial charge is 0.478 e. The van der Waals surface area contributed by atoms with Crippen molar-refractivity contribution in [3.8, 4) is 0 Å². The summed E-state index contributed by atoms with van der Waals surface area (Å²) < 4.78 is 5.35. The molecule has 1 N–H and O–H groups in total. The molecule has 1 aromatic rings. The second-order valence-electron chi connectivity index (χ2n) is 4.39. The van der Waals surface area contributed by atoms with Crippen LogP contribution in [0.2, 0.25) is 5.02 Å². The van der Waals surface area contributed by atoms with Crippen molar-refractivity contribution in [2.75, 3.05) is 25.1 Å². The van der Waals surface area contributed by atoms with E-state index in [0.29, 0.717) is 12.2 Å². The Morgan fingerprint density at radius 3 is 3.00 bits per heavy atom. The number of halogens is 1. The molecule has 1 atom stereocenters. The molecule has 0 amide bonds. The van der Waals surface area contributed by atoms with E-state index in [9.17, 15) is 9.90 Å². The maximum absolute atomic E-state index is 11.3. The van der Waals surface area contributed by atoms with Crippen LogP contribution in [0, 0.1) is 0 Å². The number of hydrogen-bond acceptors (Lipinski definition) is 3.